The SMILES string of the molecule is CCOc1ccc(C(=O)NCCNC(=O)C2CC(=O)N(Cc3ccccc3)C2)cc1. The van der Waals surface area contributed by atoms with Crippen molar-refractivity contribution >= 4 is 17.7 Å². The maximum Gasteiger partial charge on any atom is 0.251 e. The Kier molecular flexibility index (Phi) is 7.43. The van der Waals surface area contributed by atoms with Crippen molar-refractivity contribution < 1.29 is 19.1 Å². The van der Waals surface area contributed by atoms with E-state index in [0.29, 0.717) is 44.1 Å². The Morgan fingerprint density at radius 1 is 1.03 bits per heavy atom. The minimum absolute atomic E-state index is 0.0113. The van der Waals surface area contributed by atoms with E-state index in [-0.39, 0.29) is 30.1 Å². The zero-order valence-electron chi connectivity index (χ0n) is 17.1. The first-order valence-electron chi connectivity index (χ1n) is 10.2. The minimum Gasteiger partial charge on any atom is -0.494 e. The highest BCUT2D eigenvalue weighted by atomic mass is 16.5. The fourth-order valence-electron chi connectivity index (χ4n) is 3.38. The van der Waals surface area contributed by atoms with Crippen molar-refractivity contribution in [1.82, 2.24) is 15.5 Å². The lowest BCUT2D eigenvalue weighted by atomic mass is 10.1. The molecule has 0 saturated carbocycles. The molecular formula is C23H27N3O4. The molecule has 1 fully saturated rings. The van der Waals surface area contributed by atoms with Gasteiger partial charge in [0, 0.05) is 38.2 Å². The highest BCUT2D eigenvalue weighted by Crippen LogP contribution is 2.20. The van der Waals surface area contributed by atoms with E-state index in [4.69, 9.17) is 4.74 Å². The van der Waals surface area contributed by atoms with Crippen molar-refractivity contribution in [3.63, 3.8) is 0 Å². The molecule has 1 atom stereocenters. The molecule has 0 bridgehead atoms. The Balaban J connectivity index is 1.38. The van der Waals surface area contributed by atoms with Crippen LogP contribution < -0.4 is 15.4 Å². The normalized spacial score (nSPS) is 15.7. The van der Waals surface area contributed by atoms with Crippen molar-refractivity contribution in [1.29, 1.82) is 0 Å². The molecule has 2 aromatic rings. The van der Waals surface area contributed by atoms with Gasteiger partial charge < -0.3 is 20.3 Å². The number of nitrogens with zero attached hydrogens (tertiary/aromatic N) is 1. The van der Waals surface area contributed by atoms with Gasteiger partial charge in [0.15, 0.2) is 0 Å². The third-order valence-electron chi connectivity index (χ3n) is 4.94. The lowest BCUT2D eigenvalue weighted by molar-refractivity contribution is -0.129. The molecule has 2 N–H and O–H groups in total. The number of ether oxygens (including phenoxy) is 1. The molecule has 3 rings (SSSR count). The largest absolute Gasteiger partial charge is 0.494 e. The van der Waals surface area contributed by atoms with Crippen LogP contribution in [-0.2, 0) is 16.1 Å². The molecule has 30 heavy (non-hydrogen) atoms. The van der Waals surface area contributed by atoms with Gasteiger partial charge in [-0.25, -0.2) is 0 Å². The summed E-state index contributed by atoms with van der Waals surface area (Å²) in [6, 6.07) is 16.6. The molecule has 0 aliphatic carbocycles. The number of likely N-dealkylation sites (tertiary alicyclic amines) is 1. The maximum absolute atomic E-state index is 12.4. The molecule has 158 valence electrons. The van der Waals surface area contributed by atoms with Crippen molar-refractivity contribution in [3.8, 4) is 5.75 Å². The molecule has 0 radical (unpaired) electrons. The van der Waals surface area contributed by atoms with Gasteiger partial charge in [0.2, 0.25) is 11.8 Å². The molecule has 1 unspecified atom stereocenters. The first-order valence-corrected chi connectivity index (χ1v) is 10.2. The van der Waals surface area contributed by atoms with E-state index < -0.39 is 0 Å². The van der Waals surface area contributed by atoms with Gasteiger partial charge in [-0.1, -0.05) is 30.3 Å². The monoisotopic (exact) mass is 409 g/mol. The van der Waals surface area contributed by atoms with Gasteiger partial charge in [0.1, 0.15) is 5.75 Å². The van der Waals surface area contributed by atoms with Gasteiger partial charge in [-0.15, -0.1) is 0 Å². The van der Waals surface area contributed by atoms with Gasteiger partial charge in [-0.2, -0.15) is 0 Å². The van der Waals surface area contributed by atoms with E-state index in [1.807, 2.05) is 37.3 Å². The Bertz CT molecular complexity index is 868. The Hall–Kier alpha value is -3.35. The predicted molar refractivity (Wildman–Crippen MR) is 113 cm³/mol. The first kappa shape index (κ1) is 21.4. The summed E-state index contributed by atoms with van der Waals surface area (Å²) < 4.78 is 5.36. The van der Waals surface area contributed by atoms with Gasteiger partial charge in [0.25, 0.3) is 5.91 Å². The van der Waals surface area contributed by atoms with E-state index in [0.717, 1.165) is 5.56 Å². The fraction of sp³-hybridized carbons (Fsp3) is 0.348. The lowest BCUT2D eigenvalue weighted by Gasteiger charge is -2.16. The van der Waals surface area contributed by atoms with Crippen molar-refractivity contribution in [2.45, 2.75) is 19.9 Å². The lowest BCUT2D eigenvalue weighted by Crippen LogP contribution is -2.38. The van der Waals surface area contributed by atoms with Gasteiger partial charge in [-0.3, -0.25) is 14.4 Å². The second-order valence-corrected chi connectivity index (χ2v) is 7.17. The van der Waals surface area contributed by atoms with Crippen molar-refractivity contribution in [3.05, 3.63) is 65.7 Å². The number of hydrogen-bond acceptors (Lipinski definition) is 4. The number of benzene rings is 2. The van der Waals surface area contributed by atoms with Gasteiger partial charge in [-0.05, 0) is 36.8 Å². The maximum atomic E-state index is 12.4. The van der Waals surface area contributed by atoms with Crippen LogP contribution >= 0.6 is 0 Å². The van der Waals surface area contributed by atoms with E-state index in [2.05, 4.69) is 10.6 Å². The van der Waals surface area contributed by atoms with Crippen LogP contribution in [0.25, 0.3) is 0 Å². The summed E-state index contributed by atoms with van der Waals surface area (Å²) >= 11 is 0. The summed E-state index contributed by atoms with van der Waals surface area (Å²) in [5.41, 5.74) is 1.58. The quantitative estimate of drug-likeness (QED) is 0.620. The molecule has 1 aliphatic rings. The van der Waals surface area contributed by atoms with E-state index >= 15 is 0 Å². The zero-order chi connectivity index (χ0) is 21.3. The number of nitrogens with one attached hydrogen (secondary N) is 2. The Labute approximate surface area is 176 Å². The number of amides is 3. The molecule has 7 nitrogen and oxygen atoms in total. The van der Waals surface area contributed by atoms with Crippen LogP contribution in [0.1, 0.15) is 29.3 Å². The first-order chi connectivity index (χ1) is 14.6. The van der Waals surface area contributed by atoms with Crippen molar-refractivity contribution in [2.75, 3.05) is 26.2 Å². The molecule has 1 saturated heterocycles. The summed E-state index contributed by atoms with van der Waals surface area (Å²) in [4.78, 5) is 38.5. The topological polar surface area (TPSA) is 87.7 Å². The fourth-order valence-corrected chi connectivity index (χ4v) is 3.38. The summed E-state index contributed by atoms with van der Waals surface area (Å²) in [6.45, 7) is 4.02. The molecular weight excluding hydrogens is 382 g/mol. The Morgan fingerprint density at radius 2 is 1.73 bits per heavy atom. The average Bonchev–Trinajstić information content (AvgIpc) is 3.13. The van der Waals surface area contributed by atoms with E-state index in [9.17, 15) is 14.4 Å². The second-order valence-electron chi connectivity index (χ2n) is 7.17. The van der Waals surface area contributed by atoms with E-state index in [1.165, 1.54) is 0 Å². The Morgan fingerprint density at radius 3 is 2.43 bits per heavy atom. The van der Waals surface area contributed by atoms with Crippen LogP contribution in [0.15, 0.2) is 54.6 Å². The zero-order valence-corrected chi connectivity index (χ0v) is 17.1. The third-order valence-corrected chi connectivity index (χ3v) is 4.94. The summed E-state index contributed by atoms with van der Waals surface area (Å²) in [6.07, 6.45) is 0.219. The van der Waals surface area contributed by atoms with Crippen LogP contribution in [0.4, 0.5) is 0 Å². The van der Waals surface area contributed by atoms with Crippen LogP contribution in [0.5, 0.6) is 5.75 Å². The molecule has 1 heterocycles. The van der Waals surface area contributed by atoms with Crippen LogP contribution in [0, 0.1) is 5.92 Å². The van der Waals surface area contributed by atoms with E-state index in [1.54, 1.807) is 29.2 Å². The number of carbonyl (C=O) groups is 3. The molecule has 0 spiro atoms. The summed E-state index contributed by atoms with van der Waals surface area (Å²) in [5.74, 6) is -0.0221. The summed E-state index contributed by atoms with van der Waals surface area (Å²) in [7, 11) is 0. The number of rotatable bonds is 9. The smallest absolute Gasteiger partial charge is 0.251 e. The van der Waals surface area contributed by atoms with Crippen LogP contribution in [0.3, 0.4) is 0 Å². The second kappa shape index (κ2) is 10.4. The summed E-state index contributed by atoms with van der Waals surface area (Å²) in [5, 5.41) is 5.58. The molecule has 2 aromatic carbocycles. The van der Waals surface area contributed by atoms with Crippen LogP contribution in [-0.4, -0.2) is 48.9 Å². The van der Waals surface area contributed by atoms with Crippen molar-refractivity contribution in [2.24, 2.45) is 5.92 Å². The van der Waals surface area contributed by atoms with Gasteiger partial charge >= 0.3 is 0 Å². The average molecular weight is 409 g/mol. The molecule has 7 heteroatoms. The minimum atomic E-state index is -0.358. The third kappa shape index (κ3) is 5.83. The highest BCUT2D eigenvalue weighted by Gasteiger charge is 2.33. The number of hydrogen-bond donors (Lipinski definition) is 2. The molecule has 1 aliphatic heterocycles. The molecule has 3 amide bonds. The number of carbonyl (C=O) groups excluding carboxylic acids is 3. The molecule has 0 aromatic heterocycles. The standard InChI is InChI=1S/C23H27N3O4/c1-2-30-20-10-8-18(9-11-20)22(28)24-12-13-25-23(29)19-14-21(27)26(16-19)15-17-6-4-3-5-7-17/h3-11,19H,2,12-16H2,1H3,(H,24,28)(H,25,29). The highest BCUT2D eigenvalue weighted by molar-refractivity contribution is 5.94. The van der Waals surface area contributed by atoms with Crippen LogP contribution in [0.2, 0.25) is 0 Å². The predicted octanol–water partition coefficient (Wildman–Crippen LogP) is 1.98. The van der Waals surface area contributed by atoms with Gasteiger partial charge in [0.05, 0.1) is 12.5 Å².